The highest BCUT2D eigenvalue weighted by atomic mass is 32.2. The van der Waals surface area contributed by atoms with Crippen LogP contribution in [0.4, 0.5) is 5.69 Å². The Kier molecular flexibility index (Phi) is 3.52. The smallest absolute Gasteiger partial charge is 0.255 e. The summed E-state index contributed by atoms with van der Waals surface area (Å²) in [6, 6.07) is 1.72. The molecule has 1 aliphatic heterocycles. The molecule has 0 saturated carbocycles. The van der Waals surface area contributed by atoms with Gasteiger partial charge in [0.2, 0.25) is 0 Å². The van der Waals surface area contributed by atoms with E-state index in [9.17, 15) is 4.79 Å². The summed E-state index contributed by atoms with van der Waals surface area (Å²) in [5.41, 5.74) is 7.61. The Labute approximate surface area is 112 Å². The van der Waals surface area contributed by atoms with Gasteiger partial charge in [0.15, 0.2) is 0 Å². The van der Waals surface area contributed by atoms with Gasteiger partial charge >= 0.3 is 0 Å². The van der Waals surface area contributed by atoms with Crippen molar-refractivity contribution in [3.8, 4) is 0 Å². The van der Waals surface area contributed by atoms with E-state index in [0.717, 1.165) is 24.5 Å². The number of nitrogens with zero attached hydrogens (tertiary/aromatic N) is 2. The quantitative estimate of drug-likeness (QED) is 0.843. The second kappa shape index (κ2) is 4.80. The fraction of sp³-hybridized carbons (Fsp3) is 0.538. The first-order chi connectivity index (χ1) is 8.39. The molecular weight excluding hydrogens is 246 g/mol. The Morgan fingerprint density at radius 3 is 2.94 bits per heavy atom. The molecule has 0 unspecified atom stereocenters. The molecule has 0 atom stereocenters. The van der Waals surface area contributed by atoms with Gasteiger partial charge in [-0.15, -0.1) is 0 Å². The lowest BCUT2D eigenvalue weighted by molar-refractivity contribution is 0.0747. The highest BCUT2D eigenvalue weighted by molar-refractivity contribution is 8.00. The Hall–Kier alpha value is -1.23. The number of aryl methyl sites for hydroxylation is 1. The lowest BCUT2D eigenvalue weighted by Gasteiger charge is -2.37. The molecule has 2 heterocycles. The van der Waals surface area contributed by atoms with Gasteiger partial charge in [-0.05, 0) is 26.8 Å². The number of thioether (sulfide) groups is 1. The van der Waals surface area contributed by atoms with Gasteiger partial charge in [-0.1, -0.05) is 0 Å². The van der Waals surface area contributed by atoms with Crippen molar-refractivity contribution in [3.05, 3.63) is 23.5 Å². The Morgan fingerprint density at radius 1 is 1.56 bits per heavy atom. The molecule has 18 heavy (non-hydrogen) atoms. The van der Waals surface area contributed by atoms with Gasteiger partial charge in [0.05, 0.1) is 23.1 Å². The molecule has 5 heteroatoms. The van der Waals surface area contributed by atoms with E-state index >= 15 is 0 Å². The number of nitrogens with two attached hydrogens (primary N) is 1. The van der Waals surface area contributed by atoms with Crippen LogP contribution >= 0.6 is 11.8 Å². The summed E-state index contributed by atoms with van der Waals surface area (Å²) in [6.45, 7) is 7.74. The number of nitrogen functional groups attached to an aromatic ring is 1. The predicted octanol–water partition coefficient (Wildman–Crippen LogP) is 1.94. The molecule has 0 bridgehead atoms. The summed E-state index contributed by atoms with van der Waals surface area (Å²) in [5.74, 6) is 1.02. The number of rotatable bonds is 1. The summed E-state index contributed by atoms with van der Waals surface area (Å²) in [4.78, 5) is 18.5. The van der Waals surface area contributed by atoms with Crippen LogP contribution in [0.15, 0.2) is 12.3 Å². The summed E-state index contributed by atoms with van der Waals surface area (Å²) < 4.78 is 0.121. The fourth-order valence-corrected chi connectivity index (χ4v) is 3.24. The first kappa shape index (κ1) is 13.2. The maximum absolute atomic E-state index is 12.5. The Balaban J connectivity index is 2.23. The molecule has 4 nitrogen and oxygen atoms in total. The van der Waals surface area contributed by atoms with Gasteiger partial charge in [-0.3, -0.25) is 9.78 Å². The first-order valence-corrected chi connectivity index (χ1v) is 7.03. The molecule has 0 spiro atoms. The maximum atomic E-state index is 12.5. The first-order valence-electron chi connectivity index (χ1n) is 6.04. The molecule has 0 aliphatic carbocycles. The Morgan fingerprint density at radius 2 is 2.28 bits per heavy atom. The second-order valence-corrected chi connectivity index (χ2v) is 7.04. The number of pyridine rings is 1. The van der Waals surface area contributed by atoms with Crippen LogP contribution in [-0.2, 0) is 0 Å². The average Bonchev–Trinajstić information content (AvgIpc) is 2.30. The van der Waals surface area contributed by atoms with Crippen LogP contribution in [0.3, 0.4) is 0 Å². The van der Waals surface area contributed by atoms with Crippen LogP contribution in [0.2, 0.25) is 0 Å². The van der Waals surface area contributed by atoms with Crippen molar-refractivity contribution in [2.75, 3.05) is 24.6 Å². The van der Waals surface area contributed by atoms with Crippen molar-refractivity contribution in [1.82, 2.24) is 9.88 Å². The van der Waals surface area contributed by atoms with Gasteiger partial charge in [0, 0.05) is 23.6 Å². The zero-order valence-corrected chi connectivity index (χ0v) is 11.9. The van der Waals surface area contributed by atoms with Crippen molar-refractivity contribution in [2.45, 2.75) is 25.5 Å². The van der Waals surface area contributed by atoms with E-state index in [1.54, 1.807) is 12.3 Å². The van der Waals surface area contributed by atoms with E-state index in [1.807, 2.05) is 23.6 Å². The number of carbonyl (C=O) groups is 1. The predicted molar refractivity (Wildman–Crippen MR) is 75.8 cm³/mol. The summed E-state index contributed by atoms with van der Waals surface area (Å²) in [5, 5.41) is 0. The average molecular weight is 265 g/mol. The summed E-state index contributed by atoms with van der Waals surface area (Å²) >= 11 is 1.91. The standard InChI is InChI=1S/C13H19N3OS/c1-9-11(6-10(14)7-15-9)12(17)16-4-5-18-13(2,3)8-16/h6-7H,4-5,8,14H2,1-3H3. The van der Waals surface area contributed by atoms with Gasteiger partial charge in [0.25, 0.3) is 5.91 Å². The molecule has 1 aromatic heterocycles. The molecule has 1 fully saturated rings. The van der Waals surface area contributed by atoms with Gasteiger partial charge in [-0.2, -0.15) is 11.8 Å². The second-order valence-electron chi connectivity index (χ2n) is 5.24. The van der Waals surface area contributed by atoms with Crippen LogP contribution in [0.1, 0.15) is 29.9 Å². The molecule has 1 amide bonds. The zero-order chi connectivity index (χ0) is 13.3. The number of hydrogen-bond donors (Lipinski definition) is 1. The number of carbonyl (C=O) groups excluding carboxylic acids is 1. The van der Waals surface area contributed by atoms with Crippen LogP contribution in [0.25, 0.3) is 0 Å². The van der Waals surface area contributed by atoms with E-state index < -0.39 is 0 Å². The monoisotopic (exact) mass is 265 g/mol. The number of hydrogen-bond acceptors (Lipinski definition) is 4. The van der Waals surface area contributed by atoms with E-state index in [0.29, 0.717) is 11.3 Å². The SMILES string of the molecule is Cc1ncc(N)cc1C(=O)N1CCSC(C)(C)C1. The molecule has 1 saturated heterocycles. The molecule has 2 N–H and O–H groups in total. The lowest BCUT2D eigenvalue weighted by Crippen LogP contribution is -2.46. The maximum Gasteiger partial charge on any atom is 0.255 e. The Bertz CT molecular complexity index is 473. The number of aromatic nitrogens is 1. The highest BCUT2D eigenvalue weighted by Gasteiger charge is 2.30. The minimum absolute atomic E-state index is 0.0423. The van der Waals surface area contributed by atoms with E-state index in [4.69, 9.17) is 5.73 Å². The molecule has 2 rings (SSSR count). The third kappa shape index (κ3) is 2.77. The van der Waals surface area contributed by atoms with E-state index in [1.165, 1.54) is 0 Å². The van der Waals surface area contributed by atoms with Crippen molar-refractivity contribution < 1.29 is 4.79 Å². The van der Waals surface area contributed by atoms with Crippen LogP contribution in [0, 0.1) is 6.92 Å². The lowest BCUT2D eigenvalue weighted by atomic mass is 10.1. The summed E-state index contributed by atoms with van der Waals surface area (Å²) in [6.07, 6.45) is 1.59. The molecular formula is C13H19N3OS. The minimum Gasteiger partial charge on any atom is -0.397 e. The van der Waals surface area contributed by atoms with Crippen molar-refractivity contribution in [2.24, 2.45) is 0 Å². The van der Waals surface area contributed by atoms with Gasteiger partial charge in [0.1, 0.15) is 0 Å². The molecule has 98 valence electrons. The van der Waals surface area contributed by atoms with Gasteiger partial charge in [-0.25, -0.2) is 0 Å². The normalized spacial score (nSPS) is 18.7. The minimum atomic E-state index is 0.0423. The number of anilines is 1. The topological polar surface area (TPSA) is 59.2 Å². The molecule has 1 aromatic rings. The highest BCUT2D eigenvalue weighted by Crippen LogP contribution is 2.30. The van der Waals surface area contributed by atoms with Crippen molar-refractivity contribution >= 4 is 23.4 Å². The third-order valence-electron chi connectivity index (χ3n) is 3.05. The van der Waals surface area contributed by atoms with E-state index in [-0.39, 0.29) is 10.7 Å². The van der Waals surface area contributed by atoms with E-state index in [2.05, 4.69) is 18.8 Å². The zero-order valence-electron chi connectivity index (χ0n) is 11.1. The van der Waals surface area contributed by atoms with Crippen LogP contribution < -0.4 is 5.73 Å². The fourth-order valence-electron chi connectivity index (χ4n) is 2.13. The number of amides is 1. The third-order valence-corrected chi connectivity index (χ3v) is 4.35. The molecule has 0 aromatic carbocycles. The van der Waals surface area contributed by atoms with Crippen LogP contribution in [0.5, 0.6) is 0 Å². The van der Waals surface area contributed by atoms with Crippen LogP contribution in [-0.4, -0.2) is 39.4 Å². The van der Waals surface area contributed by atoms with Crippen molar-refractivity contribution in [3.63, 3.8) is 0 Å². The van der Waals surface area contributed by atoms with Gasteiger partial charge < -0.3 is 10.6 Å². The molecule has 1 aliphatic rings. The van der Waals surface area contributed by atoms with Crippen molar-refractivity contribution in [1.29, 1.82) is 0 Å². The molecule has 0 radical (unpaired) electrons. The summed E-state index contributed by atoms with van der Waals surface area (Å²) in [7, 11) is 0. The largest absolute Gasteiger partial charge is 0.397 e.